The van der Waals surface area contributed by atoms with Gasteiger partial charge < -0.3 is 5.32 Å². The zero-order chi connectivity index (χ0) is 13.3. The molecule has 1 N–H and O–H groups in total. The molecule has 0 fully saturated rings. The molecule has 2 aromatic rings. The van der Waals surface area contributed by atoms with E-state index in [1.807, 2.05) is 32.2 Å². The number of rotatable bonds is 2. The number of carbonyl (C=O) groups is 1. The normalized spacial score (nSPS) is 10.1. The largest absolute Gasteiger partial charge is 0.312 e. The average Bonchev–Trinajstić information content (AvgIpc) is 2.85. The quantitative estimate of drug-likeness (QED) is 0.905. The maximum absolute atomic E-state index is 12.0. The number of nitrogens with one attached hydrogen (secondary N) is 1. The van der Waals surface area contributed by atoms with Gasteiger partial charge in [-0.3, -0.25) is 4.79 Å². The SMILES string of the molecule is Cc1cc(C(=O)Nc2sc(C)c(C)c2C#N)cs1. The van der Waals surface area contributed by atoms with E-state index in [1.165, 1.54) is 22.7 Å². The molecule has 0 bridgehead atoms. The second-order valence-electron chi connectivity index (χ2n) is 4.00. The Morgan fingerprint density at radius 1 is 1.39 bits per heavy atom. The molecule has 0 spiro atoms. The number of aryl methyl sites for hydroxylation is 2. The van der Waals surface area contributed by atoms with Gasteiger partial charge in [-0.15, -0.1) is 22.7 Å². The fraction of sp³-hybridized carbons (Fsp3) is 0.231. The molecule has 0 radical (unpaired) electrons. The first kappa shape index (κ1) is 12.8. The van der Waals surface area contributed by atoms with Gasteiger partial charge in [-0.05, 0) is 32.4 Å². The maximum atomic E-state index is 12.0. The van der Waals surface area contributed by atoms with Gasteiger partial charge in [0.15, 0.2) is 0 Å². The molecule has 18 heavy (non-hydrogen) atoms. The van der Waals surface area contributed by atoms with Gasteiger partial charge >= 0.3 is 0 Å². The monoisotopic (exact) mass is 276 g/mol. The van der Waals surface area contributed by atoms with Crippen LogP contribution in [0.3, 0.4) is 0 Å². The van der Waals surface area contributed by atoms with E-state index in [0.717, 1.165) is 15.3 Å². The van der Waals surface area contributed by atoms with E-state index >= 15 is 0 Å². The predicted octanol–water partition coefficient (Wildman–Crippen LogP) is 3.86. The molecule has 3 nitrogen and oxygen atoms in total. The lowest BCUT2D eigenvalue weighted by atomic mass is 10.2. The molecule has 0 aromatic carbocycles. The molecule has 1 amide bonds. The summed E-state index contributed by atoms with van der Waals surface area (Å²) in [5.41, 5.74) is 2.15. The van der Waals surface area contributed by atoms with Crippen molar-refractivity contribution in [3.63, 3.8) is 0 Å². The third kappa shape index (κ3) is 2.30. The van der Waals surface area contributed by atoms with Crippen LogP contribution >= 0.6 is 22.7 Å². The van der Waals surface area contributed by atoms with Crippen molar-refractivity contribution in [1.82, 2.24) is 0 Å². The first-order chi connectivity index (χ1) is 8.52. The fourth-order valence-electron chi connectivity index (χ4n) is 1.59. The van der Waals surface area contributed by atoms with Gasteiger partial charge in [-0.1, -0.05) is 0 Å². The van der Waals surface area contributed by atoms with E-state index in [0.29, 0.717) is 16.1 Å². The van der Waals surface area contributed by atoms with Crippen LogP contribution in [0.25, 0.3) is 0 Å². The summed E-state index contributed by atoms with van der Waals surface area (Å²) in [4.78, 5) is 14.2. The number of carbonyl (C=O) groups excluding carboxylic acids is 1. The van der Waals surface area contributed by atoms with Crippen LogP contribution in [-0.4, -0.2) is 5.91 Å². The van der Waals surface area contributed by atoms with Crippen LogP contribution in [0.4, 0.5) is 5.00 Å². The second-order valence-corrected chi connectivity index (χ2v) is 6.34. The first-order valence-corrected chi connectivity index (χ1v) is 7.09. The van der Waals surface area contributed by atoms with E-state index in [1.54, 1.807) is 0 Å². The fourth-order valence-corrected chi connectivity index (χ4v) is 3.28. The molecular formula is C13H12N2OS2. The number of anilines is 1. The summed E-state index contributed by atoms with van der Waals surface area (Å²) in [6.07, 6.45) is 0. The van der Waals surface area contributed by atoms with Crippen molar-refractivity contribution in [2.24, 2.45) is 0 Å². The molecule has 0 aliphatic heterocycles. The highest BCUT2D eigenvalue weighted by Gasteiger charge is 2.15. The van der Waals surface area contributed by atoms with E-state index in [9.17, 15) is 4.79 Å². The number of hydrogen-bond acceptors (Lipinski definition) is 4. The number of nitrogens with zero attached hydrogens (tertiary/aromatic N) is 1. The number of hydrogen-bond donors (Lipinski definition) is 1. The minimum atomic E-state index is -0.155. The van der Waals surface area contributed by atoms with Gasteiger partial charge in [0.05, 0.1) is 11.1 Å². The van der Waals surface area contributed by atoms with Crippen molar-refractivity contribution in [1.29, 1.82) is 5.26 Å². The van der Waals surface area contributed by atoms with Crippen molar-refractivity contribution in [3.05, 3.63) is 37.9 Å². The van der Waals surface area contributed by atoms with E-state index in [-0.39, 0.29) is 5.91 Å². The molecule has 0 saturated carbocycles. The lowest BCUT2D eigenvalue weighted by molar-refractivity contribution is 0.102. The second kappa shape index (κ2) is 4.92. The molecule has 92 valence electrons. The van der Waals surface area contributed by atoms with Crippen LogP contribution in [-0.2, 0) is 0 Å². The minimum Gasteiger partial charge on any atom is -0.312 e. The van der Waals surface area contributed by atoms with Gasteiger partial charge in [0.2, 0.25) is 0 Å². The van der Waals surface area contributed by atoms with Crippen molar-refractivity contribution in [3.8, 4) is 6.07 Å². The Morgan fingerprint density at radius 2 is 2.11 bits per heavy atom. The Labute approximate surface area is 114 Å². The summed E-state index contributed by atoms with van der Waals surface area (Å²) >= 11 is 2.98. The van der Waals surface area contributed by atoms with Crippen LogP contribution in [0, 0.1) is 32.1 Å². The van der Waals surface area contributed by atoms with Crippen molar-refractivity contribution in [2.75, 3.05) is 5.32 Å². The summed E-state index contributed by atoms with van der Waals surface area (Å²) in [6, 6.07) is 3.99. The van der Waals surface area contributed by atoms with Crippen LogP contribution < -0.4 is 5.32 Å². The maximum Gasteiger partial charge on any atom is 0.257 e. The lowest BCUT2D eigenvalue weighted by Gasteiger charge is -2.00. The predicted molar refractivity (Wildman–Crippen MR) is 75.5 cm³/mol. The molecule has 0 aliphatic rings. The van der Waals surface area contributed by atoms with Crippen LogP contribution in [0.1, 0.15) is 31.2 Å². The summed E-state index contributed by atoms with van der Waals surface area (Å²) in [7, 11) is 0. The number of thiophene rings is 2. The van der Waals surface area contributed by atoms with Crippen molar-refractivity contribution < 1.29 is 4.79 Å². The topological polar surface area (TPSA) is 52.9 Å². The molecule has 2 rings (SSSR count). The zero-order valence-electron chi connectivity index (χ0n) is 10.3. The van der Waals surface area contributed by atoms with Gasteiger partial charge in [0, 0.05) is 15.1 Å². The molecular weight excluding hydrogens is 264 g/mol. The molecule has 0 atom stereocenters. The van der Waals surface area contributed by atoms with Crippen molar-refractivity contribution >= 4 is 33.6 Å². The minimum absolute atomic E-state index is 0.155. The third-order valence-electron chi connectivity index (χ3n) is 2.72. The summed E-state index contributed by atoms with van der Waals surface area (Å²) < 4.78 is 0. The highest BCUT2D eigenvalue weighted by molar-refractivity contribution is 7.16. The summed E-state index contributed by atoms with van der Waals surface area (Å²) in [5.74, 6) is -0.155. The van der Waals surface area contributed by atoms with Gasteiger partial charge in [0.25, 0.3) is 5.91 Å². The Kier molecular flexibility index (Phi) is 3.50. The molecule has 5 heteroatoms. The molecule has 0 aliphatic carbocycles. The van der Waals surface area contributed by atoms with Crippen LogP contribution in [0.2, 0.25) is 0 Å². The Morgan fingerprint density at radius 3 is 2.67 bits per heavy atom. The molecule has 0 saturated heterocycles. The molecule has 0 unspecified atom stereocenters. The van der Waals surface area contributed by atoms with Crippen LogP contribution in [0.15, 0.2) is 11.4 Å². The smallest absolute Gasteiger partial charge is 0.257 e. The Bertz CT molecular complexity index is 646. The first-order valence-electron chi connectivity index (χ1n) is 5.39. The van der Waals surface area contributed by atoms with E-state index < -0.39 is 0 Å². The Balaban J connectivity index is 2.28. The molecule has 2 aromatic heterocycles. The van der Waals surface area contributed by atoms with E-state index in [2.05, 4.69) is 11.4 Å². The highest BCUT2D eigenvalue weighted by Crippen LogP contribution is 2.32. The van der Waals surface area contributed by atoms with Gasteiger partial charge in [-0.2, -0.15) is 5.26 Å². The Hall–Kier alpha value is -1.64. The van der Waals surface area contributed by atoms with Crippen molar-refractivity contribution in [2.45, 2.75) is 20.8 Å². The third-order valence-corrected chi connectivity index (χ3v) is 4.70. The van der Waals surface area contributed by atoms with Gasteiger partial charge in [0.1, 0.15) is 11.1 Å². The average molecular weight is 276 g/mol. The summed E-state index contributed by atoms with van der Waals surface area (Å²) in [6.45, 7) is 5.81. The zero-order valence-corrected chi connectivity index (χ0v) is 12.0. The lowest BCUT2D eigenvalue weighted by Crippen LogP contribution is -2.10. The highest BCUT2D eigenvalue weighted by atomic mass is 32.1. The number of amides is 1. The summed E-state index contributed by atoms with van der Waals surface area (Å²) in [5, 5.41) is 14.4. The molecule has 2 heterocycles. The number of nitriles is 1. The van der Waals surface area contributed by atoms with E-state index in [4.69, 9.17) is 5.26 Å². The standard InChI is InChI=1S/C13H12N2OS2/c1-7-4-10(6-17-7)12(16)15-13-11(5-14)8(2)9(3)18-13/h4,6H,1-3H3,(H,15,16). The van der Waals surface area contributed by atoms with Crippen LogP contribution in [0.5, 0.6) is 0 Å². The van der Waals surface area contributed by atoms with Gasteiger partial charge in [-0.25, -0.2) is 0 Å².